The van der Waals surface area contributed by atoms with Crippen LogP contribution in [0.1, 0.15) is 26.4 Å². The summed E-state index contributed by atoms with van der Waals surface area (Å²) in [5, 5.41) is 3.36. The quantitative estimate of drug-likeness (QED) is 0.401. The highest BCUT2D eigenvalue weighted by molar-refractivity contribution is 6.08. The molecular formula is C29H33FN2O5. The summed E-state index contributed by atoms with van der Waals surface area (Å²) >= 11 is 0. The molecule has 0 saturated carbocycles. The van der Waals surface area contributed by atoms with Crippen LogP contribution in [0.25, 0.3) is 11.1 Å². The number of halogens is 1. The molecule has 2 heterocycles. The number of amides is 1. The van der Waals surface area contributed by atoms with Crippen LogP contribution in [0, 0.1) is 12.7 Å². The number of fused-ring (bicyclic) bond motifs is 1. The monoisotopic (exact) mass is 508 g/mol. The predicted molar refractivity (Wildman–Crippen MR) is 142 cm³/mol. The Morgan fingerprint density at radius 1 is 1.11 bits per heavy atom. The van der Waals surface area contributed by atoms with Crippen LogP contribution in [0.2, 0.25) is 0 Å². The number of nitrogens with one attached hydrogen (secondary N) is 1. The van der Waals surface area contributed by atoms with Crippen LogP contribution in [0.5, 0.6) is 17.2 Å². The Bertz CT molecular complexity index is 1360. The summed E-state index contributed by atoms with van der Waals surface area (Å²) in [5.74, 6) is 1.30. The smallest absolute Gasteiger partial charge is 0.251 e. The van der Waals surface area contributed by atoms with E-state index in [0.717, 1.165) is 34.5 Å². The molecule has 0 spiro atoms. The number of benzene rings is 3. The lowest BCUT2D eigenvalue weighted by atomic mass is 9.91. The zero-order valence-corrected chi connectivity index (χ0v) is 21.7. The van der Waals surface area contributed by atoms with Gasteiger partial charge in [-0.25, -0.2) is 4.39 Å². The van der Waals surface area contributed by atoms with Gasteiger partial charge in [0.25, 0.3) is 5.91 Å². The highest BCUT2D eigenvalue weighted by atomic mass is 19.1. The van der Waals surface area contributed by atoms with Gasteiger partial charge < -0.3 is 29.2 Å². The van der Waals surface area contributed by atoms with Crippen molar-refractivity contribution < 1.29 is 29.6 Å². The molecule has 2 aliphatic rings. The Morgan fingerprint density at radius 3 is 2.59 bits per heavy atom. The van der Waals surface area contributed by atoms with Crippen molar-refractivity contribution in [2.24, 2.45) is 0 Å². The summed E-state index contributed by atoms with van der Waals surface area (Å²) in [6.45, 7) is 6.89. The lowest BCUT2D eigenvalue weighted by molar-refractivity contribution is -0.121. The van der Waals surface area contributed by atoms with E-state index in [2.05, 4.69) is 5.32 Å². The van der Waals surface area contributed by atoms with Crippen LogP contribution in [0.3, 0.4) is 0 Å². The summed E-state index contributed by atoms with van der Waals surface area (Å²) in [4.78, 5) is 14.9. The van der Waals surface area contributed by atoms with Crippen molar-refractivity contribution in [1.82, 2.24) is 0 Å². The number of nitrogens with zero attached hydrogens (tertiary/aromatic N) is 1. The van der Waals surface area contributed by atoms with Crippen molar-refractivity contribution in [3.8, 4) is 28.4 Å². The minimum atomic E-state index is -0.761. The second-order valence-electron chi connectivity index (χ2n) is 9.93. The molecule has 1 saturated heterocycles. The van der Waals surface area contributed by atoms with Crippen molar-refractivity contribution in [2.75, 3.05) is 37.6 Å². The number of methoxy groups -OCH3 is 1. The third-order valence-corrected chi connectivity index (χ3v) is 6.73. The Labute approximate surface area is 217 Å². The second-order valence-corrected chi connectivity index (χ2v) is 9.93. The molecule has 0 radical (unpaired) electrons. The van der Waals surface area contributed by atoms with E-state index in [-0.39, 0.29) is 25.9 Å². The van der Waals surface area contributed by atoms with Crippen LogP contribution in [-0.2, 0) is 16.1 Å². The maximum Gasteiger partial charge on any atom is 0.251 e. The highest BCUT2D eigenvalue weighted by Gasteiger charge is 2.38. The fraction of sp³-hybridized carbons (Fsp3) is 0.345. The first kappa shape index (κ1) is 24.9. The van der Waals surface area contributed by atoms with Crippen LogP contribution in [0.15, 0.2) is 48.5 Å². The van der Waals surface area contributed by atoms with E-state index < -0.39 is 5.54 Å². The Kier molecular flexibility index (Phi) is 6.45. The normalized spacial score (nSPS) is 17.6. The maximum atomic E-state index is 14.0. The number of hydrogen-bond acceptors (Lipinski definition) is 6. The fourth-order valence-electron chi connectivity index (χ4n) is 4.65. The van der Waals surface area contributed by atoms with Gasteiger partial charge in [-0.15, -0.1) is 0 Å². The lowest BCUT2D eigenvalue weighted by Gasteiger charge is -2.39. The van der Waals surface area contributed by atoms with Gasteiger partial charge >= 0.3 is 0 Å². The maximum absolute atomic E-state index is 14.0. The van der Waals surface area contributed by atoms with E-state index in [0.29, 0.717) is 29.5 Å². The van der Waals surface area contributed by atoms with Crippen LogP contribution in [-0.4, -0.2) is 44.9 Å². The molecule has 0 unspecified atom stereocenters. The largest absolute Gasteiger partial charge is 0.496 e. The minimum absolute atomic E-state index is 0. The van der Waals surface area contributed by atoms with E-state index in [1.165, 1.54) is 12.1 Å². The van der Waals surface area contributed by atoms with Gasteiger partial charge in [0.15, 0.2) is 0 Å². The lowest BCUT2D eigenvalue weighted by Crippen LogP contribution is -2.52. The summed E-state index contributed by atoms with van der Waals surface area (Å²) in [6.07, 6.45) is 0.145. The number of hydrogen-bond donors (Lipinski definition) is 1. The molecule has 1 atom stereocenters. The SMILES string of the molecule is COc1cc(OC[C@@H]2CO2)ccc1-c1ccc2c(c1COc1cc(F)ccc1C)N(C)C(=O)C(C)(C)N2.[HH]. The van der Waals surface area contributed by atoms with Crippen molar-refractivity contribution in [3.05, 3.63) is 65.5 Å². The number of ether oxygens (including phenoxy) is 4. The zero-order chi connectivity index (χ0) is 26.3. The molecule has 0 aromatic heterocycles. The van der Waals surface area contributed by atoms with Crippen molar-refractivity contribution in [1.29, 1.82) is 0 Å². The third-order valence-electron chi connectivity index (χ3n) is 6.73. The summed E-state index contributed by atoms with van der Waals surface area (Å²) in [5.41, 5.74) is 4.01. The summed E-state index contributed by atoms with van der Waals surface area (Å²) in [6, 6.07) is 14.1. The van der Waals surface area contributed by atoms with E-state index in [1.54, 1.807) is 25.1 Å². The molecule has 3 aromatic rings. The van der Waals surface area contributed by atoms with Gasteiger partial charge in [-0.05, 0) is 56.2 Å². The number of likely N-dealkylation sites (N-methyl/N-ethyl adjacent to an activating group) is 1. The molecule has 0 aliphatic carbocycles. The topological polar surface area (TPSA) is 72.6 Å². The first-order valence-electron chi connectivity index (χ1n) is 12.2. The van der Waals surface area contributed by atoms with Gasteiger partial charge in [-0.3, -0.25) is 4.79 Å². The molecule has 3 aromatic carbocycles. The Hall–Kier alpha value is -3.78. The molecule has 8 heteroatoms. The van der Waals surface area contributed by atoms with E-state index in [9.17, 15) is 9.18 Å². The molecular weight excluding hydrogens is 475 g/mol. The summed E-state index contributed by atoms with van der Waals surface area (Å²) < 4.78 is 36.9. The molecule has 37 heavy (non-hydrogen) atoms. The first-order valence-corrected chi connectivity index (χ1v) is 12.2. The molecule has 1 amide bonds. The van der Waals surface area contributed by atoms with Gasteiger partial charge in [0.05, 0.1) is 25.1 Å². The minimum Gasteiger partial charge on any atom is -0.496 e. The van der Waals surface area contributed by atoms with Crippen molar-refractivity contribution >= 4 is 17.3 Å². The van der Waals surface area contributed by atoms with Crippen LogP contribution < -0.4 is 24.4 Å². The van der Waals surface area contributed by atoms with Crippen LogP contribution >= 0.6 is 0 Å². The first-order chi connectivity index (χ1) is 17.7. The predicted octanol–water partition coefficient (Wildman–Crippen LogP) is 5.58. The molecule has 2 aliphatic heterocycles. The van der Waals surface area contributed by atoms with Crippen molar-refractivity contribution in [2.45, 2.75) is 39.0 Å². The molecule has 1 fully saturated rings. The van der Waals surface area contributed by atoms with E-state index in [4.69, 9.17) is 18.9 Å². The van der Waals surface area contributed by atoms with Crippen molar-refractivity contribution in [3.63, 3.8) is 0 Å². The Balaban J connectivity index is 0.00000336. The van der Waals surface area contributed by atoms with Gasteiger partial charge in [0.2, 0.25) is 0 Å². The third kappa shape index (κ3) is 4.93. The number of carbonyl (C=O) groups is 1. The zero-order valence-electron chi connectivity index (χ0n) is 21.7. The highest BCUT2D eigenvalue weighted by Crippen LogP contribution is 2.45. The molecule has 0 bridgehead atoms. The van der Waals surface area contributed by atoms with Gasteiger partial charge in [0.1, 0.15) is 47.9 Å². The van der Waals surface area contributed by atoms with Gasteiger partial charge in [-0.2, -0.15) is 0 Å². The number of carbonyl (C=O) groups excluding carboxylic acids is 1. The number of epoxide rings is 1. The molecule has 196 valence electrons. The number of anilines is 2. The second kappa shape index (κ2) is 9.59. The van der Waals surface area contributed by atoms with Crippen LogP contribution in [0.4, 0.5) is 15.8 Å². The molecule has 1 N–H and O–H groups in total. The number of aryl methyl sites for hydroxylation is 1. The molecule has 5 rings (SSSR count). The van der Waals surface area contributed by atoms with Gasteiger partial charge in [-0.1, -0.05) is 12.1 Å². The average Bonchev–Trinajstić information content (AvgIpc) is 3.71. The standard InChI is InChI=1S/C29H31FN2O5.H2/c1-17-6-7-18(30)12-25(17)37-16-23-21(10-11-24-27(23)32(4)28(33)29(2,3)31-24)22-9-8-19(13-26(22)34-5)35-14-20-15-36-20;/h6-13,20,31H,14-16H2,1-5H3;1H/t20-;/m1./s1. The number of rotatable bonds is 8. The average molecular weight is 509 g/mol. The Morgan fingerprint density at radius 2 is 1.86 bits per heavy atom. The van der Waals surface area contributed by atoms with Gasteiger partial charge in [0, 0.05) is 31.7 Å². The fourth-order valence-corrected chi connectivity index (χ4v) is 4.65. The molecule has 7 nitrogen and oxygen atoms in total. The van der Waals surface area contributed by atoms with E-state index in [1.807, 2.05) is 51.1 Å². The van der Waals surface area contributed by atoms with E-state index >= 15 is 0 Å². The summed E-state index contributed by atoms with van der Waals surface area (Å²) in [7, 11) is 3.37.